The molecule has 3 heterocycles. The van der Waals surface area contributed by atoms with Crippen LogP contribution in [0.25, 0.3) is 116 Å². The molecule has 260 valence electrons. The molecule has 0 atom stereocenters. The Kier molecular flexibility index (Phi) is 6.60. The zero-order valence-corrected chi connectivity index (χ0v) is 30.1. The maximum Gasteiger partial charge on any atom is 0.235 e. The third kappa shape index (κ3) is 4.53. The van der Waals surface area contributed by atoms with Crippen molar-refractivity contribution in [1.82, 2.24) is 14.5 Å². The molecule has 12 aromatic rings. The molecule has 0 saturated carbocycles. The van der Waals surface area contributed by atoms with Crippen LogP contribution in [0.4, 0.5) is 0 Å². The van der Waals surface area contributed by atoms with Gasteiger partial charge in [0.05, 0.1) is 22.2 Å². The first-order valence-electron chi connectivity index (χ1n) is 19.0. The van der Waals surface area contributed by atoms with Gasteiger partial charge in [0.1, 0.15) is 11.2 Å². The standard InChI is InChI=1S/C52H31N3O/c1-3-15-36-32(12-1)14-9-19-37(36)34-26-28-35(29-27-34)49-43-18-5-7-24-45(43)53-52(54-49)55-46-25-8-6-17-39(46)40-20-10-21-41(50(40)55)42-22-11-23-44-48-38-16-4-2-13-33(38)30-31-47(48)56-51(42)44/h1-31H. The summed E-state index contributed by atoms with van der Waals surface area (Å²) in [5.74, 6) is 0.623. The summed E-state index contributed by atoms with van der Waals surface area (Å²) in [5, 5.41) is 10.4. The van der Waals surface area contributed by atoms with E-state index in [2.05, 4.69) is 193 Å². The van der Waals surface area contributed by atoms with Gasteiger partial charge in [-0.2, -0.15) is 0 Å². The summed E-state index contributed by atoms with van der Waals surface area (Å²) in [6, 6.07) is 66.6. The van der Waals surface area contributed by atoms with Gasteiger partial charge >= 0.3 is 0 Å². The number of hydrogen-bond donors (Lipinski definition) is 0. The minimum absolute atomic E-state index is 0.623. The van der Waals surface area contributed by atoms with E-state index in [1.807, 2.05) is 0 Å². The average Bonchev–Trinajstić information content (AvgIpc) is 3.83. The lowest BCUT2D eigenvalue weighted by molar-refractivity contribution is 0.670. The maximum atomic E-state index is 6.77. The van der Waals surface area contributed by atoms with Crippen molar-refractivity contribution < 1.29 is 4.42 Å². The molecule has 0 saturated heterocycles. The first-order valence-corrected chi connectivity index (χ1v) is 19.0. The number of aromatic nitrogens is 3. The number of nitrogens with zero attached hydrogens (tertiary/aromatic N) is 3. The lowest BCUT2D eigenvalue weighted by Gasteiger charge is -2.14. The normalized spacial score (nSPS) is 11.9. The number of para-hydroxylation sites is 4. The van der Waals surface area contributed by atoms with Crippen LogP contribution < -0.4 is 0 Å². The van der Waals surface area contributed by atoms with Crippen LogP contribution in [0.5, 0.6) is 0 Å². The predicted molar refractivity (Wildman–Crippen MR) is 232 cm³/mol. The molecule has 4 heteroatoms. The second-order valence-electron chi connectivity index (χ2n) is 14.5. The highest BCUT2D eigenvalue weighted by Crippen LogP contribution is 2.44. The third-order valence-corrected chi connectivity index (χ3v) is 11.4. The van der Waals surface area contributed by atoms with E-state index in [0.717, 1.165) is 77.0 Å². The van der Waals surface area contributed by atoms with Crippen molar-refractivity contribution in [1.29, 1.82) is 0 Å². The highest BCUT2D eigenvalue weighted by molar-refractivity contribution is 6.22. The lowest BCUT2D eigenvalue weighted by Crippen LogP contribution is -2.04. The van der Waals surface area contributed by atoms with Gasteiger partial charge in [0.2, 0.25) is 5.95 Å². The number of furan rings is 1. The maximum absolute atomic E-state index is 6.77. The van der Waals surface area contributed by atoms with Gasteiger partial charge in [-0.25, -0.2) is 9.97 Å². The Morgan fingerprint density at radius 2 is 1.00 bits per heavy atom. The van der Waals surface area contributed by atoms with Gasteiger partial charge in [0.25, 0.3) is 0 Å². The SMILES string of the molecule is c1ccc2c(-c3ccc(-c4nc(-n5c6ccccc6c6cccc(-c7cccc8c7oc7ccc9ccccc9c78)c65)nc5ccccc45)cc3)cccc2c1. The van der Waals surface area contributed by atoms with Crippen LogP contribution >= 0.6 is 0 Å². The molecule has 0 bridgehead atoms. The fraction of sp³-hybridized carbons (Fsp3) is 0. The Morgan fingerprint density at radius 1 is 0.393 bits per heavy atom. The average molecular weight is 714 g/mol. The van der Waals surface area contributed by atoms with Crippen LogP contribution in [0, 0.1) is 0 Å². The molecule has 0 spiro atoms. The molecule has 56 heavy (non-hydrogen) atoms. The molecular formula is C52H31N3O. The summed E-state index contributed by atoms with van der Waals surface area (Å²) in [5.41, 5.74) is 11.1. The van der Waals surface area contributed by atoms with Gasteiger partial charge in [-0.1, -0.05) is 170 Å². The molecule has 4 nitrogen and oxygen atoms in total. The van der Waals surface area contributed by atoms with E-state index in [-0.39, 0.29) is 0 Å². The Hall–Kier alpha value is -7.56. The van der Waals surface area contributed by atoms with Crippen molar-refractivity contribution in [2.24, 2.45) is 0 Å². The molecule has 0 radical (unpaired) electrons. The molecule has 0 aliphatic rings. The van der Waals surface area contributed by atoms with Crippen molar-refractivity contribution >= 4 is 76.2 Å². The van der Waals surface area contributed by atoms with E-state index >= 15 is 0 Å². The van der Waals surface area contributed by atoms with E-state index in [0.29, 0.717) is 5.95 Å². The summed E-state index contributed by atoms with van der Waals surface area (Å²) in [6.45, 7) is 0. The molecule has 0 N–H and O–H groups in total. The summed E-state index contributed by atoms with van der Waals surface area (Å²) in [7, 11) is 0. The predicted octanol–water partition coefficient (Wildman–Crippen LogP) is 13.9. The summed E-state index contributed by atoms with van der Waals surface area (Å²) in [6.07, 6.45) is 0. The Morgan fingerprint density at radius 3 is 1.86 bits per heavy atom. The van der Waals surface area contributed by atoms with E-state index in [1.54, 1.807) is 0 Å². The summed E-state index contributed by atoms with van der Waals surface area (Å²) >= 11 is 0. The Balaban J connectivity index is 1.10. The fourth-order valence-corrected chi connectivity index (χ4v) is 8.89. The number of rotatable bonds is 4. The van der Waals surface area contributed by atoms with Crippen LogP contribution in [0.3, 0.4) is 0 Å². The second-order valence-corrected chi connectivity index (χ2v) is 14.5. The molecule has 0 amide bonds. The topological polar surface area (TPSA) is 43.9 Å². The molecule has 3 aromatic heterocycles. The van der Waals surface area contributed by atoms with Gasteiger partial charge < -0.3 is 4.42 Å². The van der Waals surface area contributed by atoms with Crippen molar-refractivity contribution in [3.8, 4) is 39.5 Å². The molecule has 0 aliphatic heterocycles. The first kappa shape index (κ1) is 30.9. The first-order chi connectivity index (χ1) is 27.8. The van der Waals surface area contributed by atoms with Gasteiger partial charge in [-0.05, 0) is 50.9 Å². The largest absolute Gasteiger partial charge is 0.455 e. The van der Waals surface area contributed by atoms with E-state index in [1.165, 1.54) is 32.7 Å². The molecule has 0 aliphatic carbocycles. The summed E-state index contributed by atoms with van der Waals surface area (Å²) in [4.78, 5) is 10.8. The number of benzene rings is 9. The minimum Gasteiger partial charge on any atom is -0.455 e. The van der Waals surface area contributed by atoms with Gasteiger partial charge in [0, 0.05) is 43.6 Å². The van der Waals surface area contributed by atoms with Crippen molar-refractivity contribution in [3.05, 3.63) is 188 Å². The van der Waals surface area contributed by atoms with Crippen LogP contribution in [-0.2, 0) is 0 Å². The highest BCUT2D eigenvalue weighted by atomic mass is 16.3. The van der Waals surface area contributed by atoms with Crippen LogP contribution in [0.2, 0.25) is 0 Å². The molecule has 0 fully saturated rings. The van der Waals surface area contributed by atoms with Crippen LogP contribution in [-0.4, -0.2) is 14.5 Å². The monoisotopic (exact) mass is 713 g/mol. The Bertz CT molecular complexity index is 3530. The quantitative estimate of drug-likeness (QED) is 0.182. The number of fused-ring (bicyclic) bond motifs is 10. The fourth-order valence-electron chi connectivity index (χ4n) is 8.89. The number of hydrogen-bond acceptors (Lipinski definition) is 3. The molecule has 0 unspecified atom stereocenters. The summed E-state index contributed by atoms with van der Waals surface area (Å²) < 4.78 is 9.02. The second kappa shape index (κ2) is 12.0. The molecule has 9 aromatic carbocycles. The lowest BCUT2D eigenvalue weighted by atomic mass is 9.96. The van der Waals surface area contributed by atoms with Crippen molar-refractivity contribution in [2.45, 2.75) is 0 Å². The van der Waals surface area contributed by atoms with Crippen molar-refractivity contribution in [3.63, 3.8) is 0 Å². The smallest absolute Gasteiger partial charge is 0.235 e. The van der Waals surface area contributed by atoms with Crippen LogP contribution in [0.15, 0.2) is 192 Å². The van der Waals surface area contributed by atoms with Gasteiger partial charge in [-0.3, -0.25) is 4.57 Å². The Labute approximate surface area is 321 Å². The zero-order valence-electron chi connectivity index (χ0n) is 30.1. The minimum atomic E-state index is 0.623. The van der Waals surface area contributed by atoms with Gasteiger partial charge in [0.15, 0.2) is 0 Å². The highest BCUT2D eigenvalue weighted by Gasteiger charge is 2.22. The molecule has 12 rings (SSSR count). The zero-order chi connectivity index (χ0) is 36.7. The van der Waals surface area contributed by atoms with Crippen molar-refractivity contribution in [2.75, 3.05) is 0 Å². The van der Waals surface area contributed by atoms with Gasteiger partial charge in [-0.15, -0.1) is 0 Å². The van der Waals surface area contributed by atoms with Crippen LogP contribution in [0.1, 0.15) is 0 Å². The third-order valence-electron chi connectivity index (χ3n) is 11.4. The van der Waals surface area contributed by atoms with E-state index in [9.17, 15) is 0 Å². The van der Waals surface area contributed by atoms with E-state index in [4.69, 9.17) is 14.4 Å². The molecular weight excluding hydrogens is 683 g/mol. The van der Waals surface area contributed by atoms with E-state index < -0.39 is 0 Å².